The number of aliphatic hydroxyl groups excluding tert-OH is 1. The van der Waals surface area contributed by atoms with Gasteiger partial charge in [-0.2, -0.15) is 0 Å². The average molecular weight is 209 g/mol. The van der Waals surface area contributed by atoms with Crippen LogP contribution >= 0.6 is 11.8 Å². The highest BCUT2D eigenvalue weighted by atomic mass is 32.2. The zero-order valence-corrected chi connectivity index (χ0v) is 9.10. The normalized spacial score (nSPS) is 20.0. The lowest BCUT2D eigenvalue weighted by atomic mass is 9.99. The molecule has 0 saturated carbocycles. The number of hydrogen-bond donors (Lipinski definition) is 2. The molecule has 0 saturated heterocycles. The number of rotatable bonds is 2. The van der Waals surface area contributed by atoms with Gasteiger partial charge in [0.15, 0.2) is 0 Å². The predicted molar refractivity (Wildman–Crippen MR) is 61.0 cm³/mol. The Morgan fingerprint density at radius 2 is 2.43 bits per heavy atom. The third-order valence-corrected chi connectivity index (χ3v) is 3.38. The Morgan fingerprint density at radius 3 is 3.14 bits per heavy atom. The smallest absolute Gasteiger partial charge is 0.0632 e. The summed E-state index contributed by atoms with van der Waals surface area (Å²) in [4.78, 5) is 1.31. The Kier molecular flexibility index (Phi) is 2.99. The molecule has 14 heavy (non-hydrogen) atoms. The van der Waals surface area contributed by atoms with Crippen molar-refractivity contribution in [2.45, 2.75) is 23.8 Å². The van der Waals surface area contributed by atoms with E-state index in [1.54, 1.807) is 11.8 Å². The molecule has 2 rings (SSSR count). The third kappa shape index (κ3) is 1.88. The second-order valence-electron chi connectivity index (χ2n) is 3.59. The minimum absolute atomic E-state index is 0.226. The number of benzene rings is 1. The first-order valence-electron chi connectivity index (χ1n) is 4.88. The molecule has 0 amide bonds. The molecule has 0 bridgehead atoms. The standard InChI is InChI=1S/C11H15NOS/c1-14-10-4-5-11-8(6-10)2-3-9(7-13)12-11/h4-6,9,12-13H,2-3,7H2,1H3/t9-/m1/s1. The summed E-state index contributed by atoms with van der Waals surface area (Å²) in [6.07, 6.45) is 4.19. The van der Waals surface area contributed by atoms with E-state index in [2.05, 4.69) is 29.8 Å². The maximum atomic E-state index is 9.05. The van der Waals surface area contributed by atoms with Crippen molar-refractivity contribution >= 4 is 17.4 Å². The number of fused-ring (bicyclic) bond motifs is 1. The lowest BCUT2D eigenvalue weighted by molar-refractivity contribution is 0.267. The van der Waals surface area contributed by atoms with Crippen LogP contribution in [0.2, 0.25) is 0 Å². The molecular formula is C11H15NOS. The van der Waals surface area contributed by atoms with Gasteiger partial charge in [0.05, 0.1) is 6.61 Å². The SMILES string of the molecule is CSc1ccc2c(c1)CC[C@H](CO)N2. The van der Waals surface area contributed by atoms with Crippen molar-refractivity contribution in [3.63, 3.8) is 0 Å². The van der Waals surface area contributed by atoms with Crippen LogP contribution < -0.4 is 5.32 Å². The van der Waals surface area contributed by atoms with Gasteiger partial charge < -0.3 is 10.4 Å². The van der Waals surface area contributed by atoms with E-state index in [9.17, 15) is 0 Å². The fourth-order valence-corrected chi connectivity index (χ4v) is 2.27. The van der Waals surface area contributed by atoms with Gasteiger partial charge >= 0.3 is 0 Å². The summed E-state index contributed by atoms with van der Waals surface area (Å²) >= 11 is 1.77. The van der Waals surface area contributed by atoms with Gasteiger partial charge in [0.1, 0.15) is 0 Å². The molecule has 1 atom stereocenters. The summed E-state index contributed by atoms with van der Waals surface area (Å²) in [6.45, 7) is 0.226. The van der Waals surface area contributed by atoms with Gasteiger partial charge in [-0.05, 0) is 42.9 Å². The first-order valence-corrected chi connectivity index (χ1v) is 6.10. The largest absolute Gasteiger partial charge is 0.394 e. The van der Waals surface area contributed by atoms with E-state index in [-0.39, 0.29) is 12.6 Å². The van der Waals surface area contributed by atoms with Crippen LogP contribution in [0.4, 0.5) is 5.69 Å². The van der Waals surface area contributed by atoms with E-state index in [4.69, 9.17) is 5.11 Å². The molecule has 3 heteroatoms. The van der Waals surface area contributed by atoms with Crippen molar-refractivity contribution in [1.82, 2.24) is 0 Å². The Bertz CT molecular complexity index is 327. The van der Waals surface area contributed by atoms with Crippen LogP contribution in [0, 0.1) is 0 Å². The number of anilines is 1. The monoisotopic (exact) mass is 209 g/mol. The number of aryl methyl sites for hydroxylation is 1. The Hall–Kier alpha value is -0.670. The molecule has 0 unspecified atom stereocenters. The summed E-state index contributed by atoms with van der Waals surface area (Å²) in [6, 6.07) is 6.71. The average Bonchev–Trinajstić information content (AvgIpc) is 2.27. The van der Waals surface area contributed by atoms with E-state index in [0.717, 1.165) is 12.8 Å². The van der Waals surface area contributed by atoms with E-state index in [1.165, 1.54) is 16.1 Å². The molecule has 1 heterocycles. The van der Waals surface area contributed by atoms with Crippen LogP contribution in [0.15, 0.2) is 23.1 Å². The lowest BCUT2D eigenvalue weighted by Crippen LogP contribution is -2.28. The van der Waals surface area contributed by atoms with Crippen LogP contribution in [0.25, 0.3) is 0 Å². The van der Waals surface area contributed by atoms with E-state index in [1.807, 2.05) is 0 Å². The second-order valence-corrected chi connectivity index (χ2v) is 4.47. The minimum atomic E-state index is 0.226. The molecule has 1 aliphatic heterocycles. The van der Waals surface area contributed by atoms with Gasteiger partial charge in [0, 0.05) is 16.6 Å². The molecule has 0 radical (unpaired) electrons. The number of hydrogen-bond acceptors (Lipinski definition) is 3. The van der Waals surface area contributed by atoms with Crippen LogP contribution in [0.3, 0.4) is 0 Å². The lowest BCUT2D eigenvalue weighted by Gasteiger charge is -2.25. The molecular weight excluding hydrogens is 194 g/mol. The number of thioether (sulfide) groups is 1. The molecule has 0 fully saturated rings. The van der Waals surface area contributed by atoms with Crippen LogP contribution in [0.5, 0.6) is 0 Å². The molecule has 76 valence electrons. The Labute approximate surface area is 88.7 Å². The minimum Gasteiger partial charge on any atom is -0.394 e. The molecule has 0 aromatic heterocycles. The molecule has 2 N–H and O–H groups in total. The van der Waals surface area contributed by atoms with Crippen molar-refractivity contribution < 1.29 is 5.11 Å². The van der Waals surface area contributed by atoms with E-state index >= 15 is 0 Å². The van der Waals surface area contributed by atoms with Crippen LogP contribution in [0.1, 0.15) is 12.0 Å². The highest BCUT2D eigenvalue weighted by Crippen LogP contribution is 2.28. The number of nitrogens with one attached hydrogen (secondary N) is 1. The van der Waals surface area contributed by atoms with Crippen molar-refractivity contribution in [3.05, 3.63) is 23.8 Å². The second kappa shape index (κ2) is 4.24. The fraction of sp³-hybridized carbons (Fsp3) is 0.455. The quantitative estimate of drug-likeness (QED) is 0.732. The molecule has 0 aliphatic carbocycles. The van der Waals surface area contributed by atoms with Crippen molar-refractivity contribution in [2.24, 2.45) is 0 Å². The van der Waals surface area contributed by atoms with E-state index in [0.29, 0.717) is 0 Å². The van der Waals surface area contributed by atoms with Gasteiger partial charge in [0.2, 0.25) is 0 Å². The summed E-state index contributed by atoms with van der Waals surface area (Å²) in [5.74, 6) is 0. The molecule has 2 nitrogen and oxygen atoms in total. The first-order chi connectivity index (χ1) is 6.83. The van der Waals surface area contributed by atoms with E-state index < -0.39 is 0 Å². The third-order valence-electron chi connectivity index (χ3n) is 2.65. The summed E-state index contributed by atoms with van der Waals surface area (Å²) in [5, 5.41) is 12.4. The predicted octanol–water partition coefficient (Wildman–Crippen LogP) is 2.13. The highest BCUT2D eigenvalue weighted by Gasteiger charge is 2.16. The van der Waals surface area contributed by atoms with Crippen LogP contribution in [-0.4, -0.2) is 24.0 Å². The summed E-state index contributed by atoms with van der Waals surface area (Å²) < 4.78 is 0. The molecule has 1 aliphatic rings. The number of aliphatic hydroxyl groups is 1. The highest BCUT2D eigenvalue weighted by molar-refractivity contribution is 7.98. The summed E-state index contributed by atoms with van der Waals surface area (Å²) in [7, 11) is 0. The molecule has 1 aromatic carbocycles. The van der Waals surface area contributed by atoms with Crippen molar-refractivity contribution in [2.75, 3.05) is 18.2 Å². The maximum Gasteiger partial charge on any atom is 0.0632 e. The fourth-order valence-electron chi connectivity index (χ4n) is 1.80. The topological polar surface area (TPSA) is 32.3 Å². The zero-order valence-electron chi connectivity index (χ0n) is 8.29. The molecule has 1 aromatic rings. The van der Waals surface area contributed by atoms with Gasteiger partial charge in [-0.25, -0.2) is 0 Å². The van der Waals surface area contributed by atoms with Gasteiger partial charge in [-0.15, -0.1) is 11.8 Å². The van der Waals surface area contributed by atoms with Gasteiger partial charge in [-0.1, -0.05) is 0 Å². The first kappa shape index (κ1) is 9.87. The van der Waals surface area contributed by atoms with Gasteiger partial charge in [-0.3, -0.25) is 0 Å². The Balaban J connectivity index is 2.23. The summed E-state index contributed by atoms with van der Waals surface area (Å²) in [5.41, 5.74) is 2.56. The maximum absolute atomic E-state index is 9.05. The van der Waals surface area contributed by atoms with Gasteiger partial charge in [0.25, 0.3) is 0 Å². The zero-order chi connectivity index (χ0) is 9.97. The molecule has 0 spiro atoms. The van der Waals surface area contributed by atoms with Crippen molar-refractivity contribution in [1.29, 1.82) is 0 Å². The Morgan fingerprint density at radius 1 is 1.57 bits per heavy atom. The van der Waals surface area contributed by atoms with Crippen LogP contribution in [-0.2, 0) is 6.42 Å². The van der Waals surface area contributed by atoms with Crippen molar-refractivity contribution in [3.8, 4) is 0 Å².